The number of halogens is 1. The molecule has 1 N–H and O–H groups in total. The van der Waals surface area contributed by atoms with Crippen LogP contribution in [0.3, 0.4) is 0 Å². The van der Waals surface area contributed by atoms with Gasteiger partial charge in [0.1, 0.15) is 11.4 Å². The highest BCUT2D eigenvalue weighted by molar-refractivity contribution is 7.19. The lowest BCUT2D eigenvalue weighted by Gasteiger charge is -2.26. The third-order valence-electron chi connectivity index (χ3n) is 5.35. The first-order chi connectivity index (χ1) is 14.7. The maximum atomic E-state index is 13.1. The molecule has 30 heavy (non-hydrogen) atoms. The van der Waals surface area contributed by atoms with E-state index < -0.39 is 0 Å². The van der Waals surface area contributed by atoms with E-state index in [-0.39, 0.29) is 5.91 Å². The lowest BCUT2D eigenvalue weighted by molar-refractivity contribution is 0.0741. The molecule has 1 saturated heterocycles. The van der Waals surface area contributed by atoms with E-state index >= 15 is 0 Å². The predicted octanol–water partition coefficient (Wildman–Crippen LogP) is 5.19. The van der Waals surface area contributed by atoms with Crippen LogP contribution in [0.25, 0.3) is 21.5 Å². The van der Waals surface area contributed by atoms with Gasteiger partial charge in [0.25, 0.3) is 5.91 Å². The topological polar surface area (TPSA) is 63.3 Å². The summed E-state index contributed by atoms with van der Waals surface area (Å²) in [6.07, 6.45) is 3.44. The number of aromatic nitrogens is 2. The van der Waals surface area contributed by atoms with Gasteiger partial charge < -0.3 is 9.09 Å². The third-order valence-corrected chi connectivity index (χ3v) is 6.60. The highest BCUT2D eigenvalue weighted by Crippen LogP contribution is 2.32. The van der Waals surface area contributed by atoms with Gasteiger partial charge in [0.2, 0.25) is 0 Å². The summed E-state index contributed by atoms with van der Waals surface area (Å²) in [5.41, 5.74) is 5.43. The Kier molecular flexibility index (Phi) is 5.33. The number of carbonyl (C=O) groups is 1. The largest absolute Gasteiger partial charge is 0.355 e. The number of para-hydroxylation sites is 1. The molecule has 1 aliphatic rings. The Bertz CT molecular complexity index is 1190. The number of thiophene rings is 1. The van der Waals surface area contributed by atoms with Crippen molar-refractivity contribution in [1.82, 2.24) is 20.2 Å². The minimum atomic E-state index is -0.0955. The summed E-state index contributed by atoms with van der Waals surface area (Å²) in [7, 11) is 0. The smallest absolute Gasteiger partial charge is 0.282 e. The van der Waals surface area contributed by atoms with Crippen molar-refractivity contribution in [3.8, 4) is 10.6 Å². The molecule has 0 radical (unpaired) electrons. The number of hydrogen-bond donors (Lipinski definition) is 1. The Morgan fingerprint density at radius 2 is 1.97 bits per heavy atom. The van der Waals surface area contributed by atoms with Crippen molar-refractivity contribution in [1.29, 1.82) is 0 Å². The van der Waals surface area contributed by atoms with Crippen LogP contribution in [0.5, 0.6) is 0 Å². The van der Waals surface area contributed by atoms with Crippen LogP contribution in [0.4, 0.5) is 0 Å². The van der Waals surface area contributed by atoms with Crippen LogP contribution in [0.1, 0.15) is 35.4 Å². The zero-order valence-corrected chi connectivity index (χ0v) is 17.9. The minimum Gasteiger partial charge on any atom is -0.355 e. The molecule has 6 nitrogen and oxygen atoms in total. The quantitative estimate of drug-likeness (QED) is 0.463. The molecule has 1 aliphatic heterocycles. The van der Waals surface area contributed by atoms with Crippen LogP contribution in [-0.4, -0.2) is 33.7 Å². The summed E-state index contributed by atoms with van der Waals surface area (Å²) >= 11 is 7.48. The molecule has 4 aromatic rings. The third kappa shape index (κ3) is 3.88. The van der Waals surface area contributed by atoms with E-state index in [1.165, 1.54) is 17.8 Å². The molecule has 0 saturated carbocycles. The highest BCUT2D eigenvalue weighted by atomic mass is 35.5. The van der Waals surface area contributed by atoms with Gasteiger partial charge in [0.05, 0.1) is 15.8 Å². The van der Waals surface area contributed by atoms with Crippen molar-refractivity contribution >= 4 is 39.7 Å². The van der Waals surface area contributed by atoms with E-state index in [4.69, 9.17) is 16.1 Å². The zero-order valence-electron chi connectivity index (χ0n) is 16.3. The number of nitrogens with zero attached hydrogens (tertiary/aromatic N) is 3. The van der Waals surface area contributed by atoms with Crippen molar-refractivity contribution in [3.63, 3.8) is 0 Å². The van der Waals surface area contributed by atoms with Gasteiger partial charge in [-0.15, -0.1) is 11.3 Å². The van der Waals surface area contributed by atoms with Crippen LogP contribution in [0.15, 0.2) is 53.1 Å². The average molecular weight is 441 g/mol. The van der Waals surface area contributed by atoms with Crippen molar-refractivity contribution in [2.75, 3.05) is 13.1 Å². The standard InChI is InChI=1S/C22H21ClN4O2S/c23-21-9-8-20(30-21)19-13-16(25-29-19)14-27-17-7-3-2-6-15(17)12-18(27)22(28)24-26-10-4-1-5-11-26/h2-3,6-9,12-13H,1,4-5,10-11,14H2,(H,24,28). The molecule has 1 fully saturated rings. The Hall–Kier alpha value is -2.61. The first kappa shape index (κ1) is 19.4. The van der Waals surface area contributed by atoms with Gasteiger partial charge in [0.15, 0.2) is 5.76 Å². The fraction of sp³-hybridized carbons (Fsp3) is 0.273. The number of hydrogen-bond acceptors (Lipinski definition) is 5. The molecule has 4 heterocycles. The second-order valence-electron chi connectivity index (χ2n) is 7.45. The second kappa shape index (κ2) is 8.26. The number of benzene rings is 1. The molecule has 0 unspecified atom stereocenters. The van der Waals surface area contributed by atoms with Crippen LogP contribution >= 0.6 is 22.9 Å². The molecule has 0 atom stereocenters. The summed E-state index contributed by atoms with van der Waals surface area (Å²) in [6.45, 7) is 2.23. The minimum absolute atomic E-state index is 0.0955. The normalized spacial score (nSPS) is 15.0. The molecule has 154 valence electrons. The van der Waals surface area contributed by atoms with Crippen molar-refractivity contribution in [3.05, 3.63) is 64.3 Å². The monoisotopic (exact) mass is 440 g/mol. The van der Waals surface area contributed by atoms with E-state index in [2.05, 4.69) is 10.6 Å². The van der Waals surface area contributed by atoms with E-state index in [1.807, 2.05) is 58.1 Å². The number of amides is 1. The van der Waals surface area contributed by atoms with E-state index in [0.29, 0.717) is 22.3 Å². The van der Waals surface area contributed by atoms with Gasteiger partial charge in [-0.2, -0.15) is 0 Å². The predicted molar refractivity (Wildman–Crippen MR) is 119 cm³/mol. The number of rotatable bonds is 5. The van der Waals surface area contributed by atoms with Gasteiger partial charge in [-0.05, 0) is 37.1 Å². The zero-order chi connectivity index (χ0) is 20.5. The molecular weight excluding hydrogens is 420 g/mol. The maximum Gasteiger partial charge on any atom is 0.282 e. The van der Waals surface area contributed by atoms with Crippen LogP contribution < -0.4 is 5.43 Å². The Morgan fingerprint density at radius 3 is 2.77 bits per heavy atom. The van der Waals surface area contributed by atoms with Crippen LogP contribution in [0.2, 0.25) is 4.34 Å². The SMILES string of the molecule is O=C(NN1CCCCC1)c1cc2ccccc2n1Cc1cc(-c2ccc(Cl)s2)on1. The van der Waals surface area contributed by atoms with E-state index in [0.717, 1.165) is 47.4 Å². The van der Waals surface area contributed by atoms with Crippen LogP contribution in [0, 0.1) is 0 Å². The van der Waals surface area contributed by atoms with Crippen molar-refractivity contribution in [2.45, 2.75) is 25.8 Å². The first-order valence-corrected chi connectivity index (χ1v) is 11.2. The molecule has 0 spiro atoms. The Labute approximate surface area is 183 Å². The van der Waals surface area contributed by atoms with E-state index in [1.54, 1.807) is 0 Å². The van der Waals surface area contributed by atoms with Gasteiger partial charge in [-0.25, -0.2) is 5.01 Å². The molecule has 0 bridgehead atoms. The Morgan fingerprint density at radius 1 is 1.13 bits per heavy atom. The summed E-state index contributed by atoms with van der Waals surface area (Å²) in [5, 5.41) is 7.26. The molecule has 0 aliphatic carbocycles. The number of nitrogens with one attached hydrogen (secondary N) is 1. The molecule has 1 aromatic carbocycles. The Balaban J connectivity index is 1.45. The average Bonchev–Trinajstić information content (AvgIpc) is 3.48. The van der Waals surface area contributed by atoms with Crippen LogP contribution in [-0.2, 0) is 6.54 Å². The summed E-state index contributed by atoms with van der Waals surface area (Å²) < 4.78 is 8.23. The fourth-order valence-electron chi connectivity index (χ4n) is 3.89. The number of piperidine rings is 1. The molecule has 3 aromatic heterocycles. The maximum absolute atomic E-state index is 13.1. The van der Waals surface area contributed by atoms with Gasteiger partial charge in [0, 0.05) is 30.1 Å². The van der Waals surface area contributed by atoms with Gasteiger partial charge in [-0.1, -0.05) is 41.4 Å². The molecular formula is C22H21ClN4O2S. The number of carbonyl (C=O) groups excluding carboxylic acids is 1. The van der Waals surface area contributed by atoms with Gasteiger partial charge >= 0.3 is 0 Å². The first-order valence-electron chi connectivity index (χ1n) is 10.0. The van der Waals surface area contributed by atoms with Crippen molar-refractivity contribution < 1.29 is 9.32 Å². The number of hydrazine groups is 1. The lowest BCUT2D eigenvalue weighted by Crippen LogP contribution is -2.45. The highest BCUT2D eigenvalue weighted by Gasteiger charge is 2.20. The fourth-order valence-corrected chi connectivity index (χ4v) is 4.88. The lowest BCUT2D eigenvalue weighted by atomic mass is 10.2. The summed E-state index contributed by atoms with van der Waals surface area (Å²) in [5.74, 6) is 0.583. The van der Waals surface area contributed by atoms with Gasteiger partial charge in [-0.3, -0.25) is 10.2 Å². The molecule has 1 amide bonds. The second-order valence-corrected chi connectivity index (χ2v) is 9.16. The molecule has 5 rings (SSSR count). The molecule has 8 heteroatoms. The summed E-state index contributed by atoms with van der Waals surface area (Å²) in [4.78, 5) is 14.0. The van der Waals surface area contributed by atoms with Crippen molar-refractivity contribution in [2.24, 2.45) is 0 Å². The number of fused-ring (bicyclic) bond motifs is 1. The van der Waals surface area contributed by atoms with E-state index in [9.17, 15) is 4.79 Å². The summed E-state index contributed by atoms with van der Waals surface area (Å²) in [6, 6.07) is 15.6.